The number of rotatable bonds is 3. The summed E-state index contributed by atoms with van der Waals surface area (Å²) in [6, 6.07) is 6.18. The molecule has 1 atom stereocenters. The minimum absolute atomic E-state index is 0.0287. The predicted octanol–water partition coefficient (Wildman–Crippen LogP) is 1.89. The first-order chi connectivity index (χ1) is 9.46. The van der Waals surface area contributed by atoms with Crippen molar-refractivity contribution in [3.8, 4) is 0 Å². The van der Waals surface area contributed by atoms with E-state index in [1.807, 2.05) is 6.92 Å². The van der Waals surface area contributed by atoms with Crippen LogP contribution in [-0.4, -0.2) is 38.9 Å². The lowest BCUT2D eigenvalue weighted by molar-refractivity contribution is 0.0596. The third-order valence-corrected chi connectivity index (χ3v) is 5.45. The van der Waals surface area contributed by atoms with Crippen LogP contribution in [0.25, 0.3) is 0 Å². The van der Waals surface area contributed by atoms with E-state index in [1.54, 1.807) is 12.1 Å². The number of benzene rings is 1. The molecule has 1 aliphatic rings. The van der Waals surface area contributed by atoms with E-state index in [4.69, 9.17) is 0 Å². The maximum atomic E-state index is 12.7. The van der Waals surface area contributed by atoms with Crippen molar-refractivity contribution < 1.29 is 17.9 Å². The van der Waals surface area contributed by atoms with Crippen LogP contribution < -0.4 is 0 Å². The van der Waals surface area contributed by atoms with E-state index in [0.29, 0.717) is 19.0 Å². The quantitative estimate of drug-likeness (QED) is 0.799. The summed E-state index contributed by atoms with van der Waals surface area (Å²) in [4.78, 5) is 11.8. The normalized spacial score (nSPS) is 20.6. The maximum Gasteiger partial charge on any atom is 0.339 e. The van der Waals surface area contributed by atoms with Gasteiger partial charge in [-0.15, -0.1) is 0 Å². The molecule has 0 unspecified atom stereocenters. The number of methoxy groups -OCH3 is 1. The van der Waals surface area contributed by atoms with Crippen LogP contribution in [0.4, 0.5) is 0 Å². The van der Waals surface area contributed by atoms with Gasteiger partial charge in [0, 0.05) is 13.1 Å². The molecule has 1 heterocycles. The topological polar surface area (TPSA) is 63.7 Å². The molecule has 2 rings (SSSR count). The van der Waals surface area contributed by atoms with Crippen molar-refractivity contribution in [2.24, 2.45) is 5.92 Å². The smallest absolute Gasteiger partial charge is 0.339 e. The van der Waals surface area contributed by atoms with Gasteiger partial charge < -0.3 is 4.74 Å². The van der Waals surface area contributed by atoms with Crippen molar-refractivity contribution in [2.75, 3.05) is 20.2 Å². The zero-order valence-corrected chi connectivity index (χ0v) is 12.5. The van der Waals surface area contributed by atoms with Gasteiger partial charge in [0.2, 0.25) is 10.0 Å². The number of piperidine rings is 1. The maximum absolute atomic E-state index is 12.7. The van der Waals surface area contributed by atoms with Gasteiger partial charge in [0.05, 0.1) is 17.6 Å². The molecule has 1 aromatic carbocycles. The lowest BCUT2D eigenvalue weighted by atomic mass is 10.0. The molecule has 110 valence electrons. The van der Waals surface area contributed by atoms with E-state index in [1.165, 1.54) is 23.5 Å². The van der Waals surface area contributed by atoms with Crippen molar-refractivity contribution in [1.29, 1.82) is 0 Å². The molecule has 0 N–H and O–H groups in total. The van der Waals surface area contributed by atoms with Crippen LogP contribution >= 0.6 is 0 Å². The number of esters is 1. The van der Waals surface area contributed by atoms with Crippen LogP contribution in [0.2, 0.25) is 0 Å². The fourth-order valence-corrected chi connectivity index (χ4v) is 4.25. The van der Waals surface area contributed by atoms with Crippen LogP contribution in [0.15, 0.2) is 29.2 Å². The van der Waals surface area contributed by atoms with E-state index < -0.39 is 16.0 Å². The van der Waals surface area contributed by atoms with E-state index in [0.717, 1.165) is 12.8 Å². The van der Waals surface area contributed by atoms with Gasteiger partial charge in [-0.05, 0) is 30.9 Å². The van der Waals surface area contributed by atoms with Crippen molar-refractivity contribution in [3.05, 3.63) is 29.8 Å². The molecule has 0 spiro atoms. The molecule has 1 aromatic rings. The molecule has 20 heavy (non-hydrogen) atoms. The highest BCUT2D eigenvalue weighted by molar-refractivity contribution is 7.89. The molecule has 0 bridgehead atoms. The van der Waals surface area contributed by atoms with Gasteiger partial charge in [-0.2, -0.15) is 4.31 Å². The Hall–Kier alpha value is -1.40. The number of nitrogens with zero attached hydrogens (tertiary/aromatic N) is 1. The molecule has 0 saturated carbocycles. The molecular weight excluding hydrogens is 278 g/mol. The lowest BCUT2D eigenvalue weighted by Gasteiger charge is -2.30. The molecule has 1 saturated heterocycles. The molecule has 5 nitrogen and oxygen atoms in total. The van der Waals surface area contributed by atoms with Crippen molar-refractivity contribution in [2.45, 2.75) is 24.7 Å². The fourth-order valence-electron chi connectivity index (χ4n) is 2.47. The Bertz CT molecular complexity index is 597. The number of sulfonamides is 1. The van der Waals surface area contributed by atoms with Gasteiger partial charge in [-0.25, -0.2) is 13.2 Å². The first-order valence-corrected chi connectivity index (χ1v) is 8.08. The van der Waals surface area contributed by atoms with E-state index >= 15 is 0 Å². The zero-order chi connectivity index (χ0) is 14.8. The minimum atomic E-state index is -3.65. The number of hydrogen-bond acceptors (Lipinski definition) is 4. The van der Waals surface area contributed by atoms with Crippen LogP contribution in [0.5, 0.6) is 0 Å². The number of carbonyl (C=O) groups excluding carboxylic acids is 1. The number of ether oxygens (including phenoxy) is 1. The Morgan fingerprint density at radius 2 is 2.05 bits per heavy atom. The summed E-state index contributed by atoms with van der Waals surface area (Å²) in [5.74, 6) is -0.293. The van der Waals surface area contributed by atoms with Gasteiger partial charge in [0.1, 0.15) is 0 Å². The third kappa shape index (κ3) is 2.86. The molecule has 0 aromatic heterocycles. The summed E-state index contributed by atoms with van der Waals surface area (Å²) in [5, 5.41) is 0. The van der Waals surface area contributed by atoms with Gasteiger partial charge in [-0.1, -0.05) is 19.1 Å². The largest absolute Gasteiger partial charge is 0.465 e. The van der Waals surface area contributed by atoms with E-state index in [2.05, 4.69) is 4.74 Å². The molecule has 0 amide bonds. The highest BCUT2D eigenvalue weighted by Crippen LogP contribution is 2.25. The van der Waals surface area contributed by atoms with E-state index in [-0.39, 0.29) is 10.5 Å². The fraction of sp³-hybridized carbons (Fsp3) is 0.500. The minimum Gasteiger partial charge on any atom is -0.465 e. The standard InChI is InChI=1S/C14H19NO4S/c1-11-6-5-9-15(10-11)20(17,18)13-8-4-3-7-12(13)14(16)19-2/h3-4,7-8,11H,5-6,9-10H2,1-2H3/t11-/m1/s1. The second-order valence-electron chi connectivity index (χ2n) is 5.10. The number of hydrogen-bond donors (Lipinski definition) is 0. The highest BCUT2D eigenvalue weighted by atomic mass is 32.2. The molecule has 0 radical (unpaired) electrons. The van der Waals surface area contributed by atoms with E-state index in [9.17, 15) is 13.2 Å². The summed E-state index contributed by atoms with van der Waals surface area (Å²) in [5.41, 5.74) is 0.0910. The first kappa shape index (κ1) is 15.0. The van der Waals surface area contributed by atoms with Gasteiger partial charge in [0.25, 0.3) is 0 Å². The van der Waals surface area contributed by atoms with Gasteiger partial charge >= 0.3 is 5.97 Å². The van der Waals surface area contributed by atoms with Crippen molar-refractivity contribution in [3.63, 3.8) is 0 Å². The Balaban J connectivity index is 2.41. The van der Waals surface area contributed by atoms with Crippen LogP contribution in [0.3, 0.4) is 0 Å². The van der Waals surface area contributed by atoms with Gasteiger partial charge in [0.15, 0.2) is 0 Å². The predicted molar refractivity (Wildman–Crippen MR) is 74.9 cm³/mol. The second-order valence-corrected chi connectivity index (χ2v) is 7.00. The van der Waals surface area contributed by atoms with Crippen molar-refractivity contribution >= 4 is 16.0 Å². The van der Waals surface area contributed by atoms with Crippen LogP contribution in [-0.2, 0) is 14.8 Å². The summed E-state index contributed by atoms with van der Waals surface area (Å²) >= 11 is 0. The Labute approximate surface area is 119 Å². The SMILES string of the molecule is COC(=O)c1ccccc1S(=O)(=O)N1CCC[C@@H](C)C1. The third-order valence-electron chi connectivity index (χ3n) is 3.53. The molecule has 1 aliphatic heterocycles. The highest BCUT2D eigenvalue weighted by Gasteiger charge is 2.31. The lowest BCUT2D eigenvalue weighted by Crippen LogP contribution is -2.39. The summed E-state index contributed by atoms with van der Waals surface area (Å²) in [6.45, 7) is 3.04. The average molecular weight is 297 g/mol. The Morgan fingerprint density at radius 1 is 1.35 bits per heavy atom. The number of carbonyl (C=O) groups is 1. The zero-order valence-electron chi connectivity index (χ0n) is 11.7. The Morgan fingerprint density at radius 3 is 2.70 bits per heavy atom. The monoisotopic (exact) mass is 297 g/mol. The Kier molecular flexibility index (Phi) is 4.45. The van der Waals surface area contributed by atoms with Crippen molar-refractivity contribution in [1.82, 2.24) is 4.31 Å². The van der Waals surface area contributed by atoms with Crippen LogP contribution in [0.1, 0.15) is 30.1 Å². The second kappa shape index (κ2) is 5.93. The molecule has 0 aliphatic carbocycles. The molecule has 1 fully saturated rings. The molecular formula is C14H19NO4S. The van der Waals surface area contributed by atoms with Gasteiger partial charge in [-0.3, -0.25) is 0 Å². The summed E-state index contributed by atoms with van der Waals surface area (Å²) in [7, 11) is -2.40. The summed E-state index contributed by atoms with van der Waals surface area (Å²) < 4.78 is 31.5. The first-order valence-electron chi connectivity index (χ1n) is 6.64. The van der Waals surface area contributed by atoms with Crippen LogP contribution in [0, 0.1) is 5.92 Å². The average Bonchev–Trinajstić information content (AvgIpc) is 2.46. The summed E-state index contributed by atoms with van der Waals surface area (Å²) in [6.07, 6.45) is 1.88. The molecule has 6 heteroatoms.